The van der Waals surface area contributed by atoms with Crippen LogP contribution in [-0.4, -0.2) is 34.8 Å². The van der Waals surface area contributed by atoms with Gasteiger partial charge in [-0.1, -0.05) is 24.5 Å². The van der Waals surface area contributed by atoms with Crippen molar-refractivity contribution in [3.63, 3.8) is 0 Å². The maximum absolute atomic E-state index is 14.4. The Morgan fingerprint density at radius 1 is 1.18 bits per heavy atom. The summed E-state index contributed by atoms with van der Waals surface area (Å²) in [5.41, 5.74) is 4.13. The Kier molecular flexibility index (Phi) is 7.06. The summed E-state index contributed by atoms with van der Waals surface area (Å²) in [7, 11) is 0. The van der Waals surface area contributed by atoms with Crippen LogP contribution in [0, 0.1) is 36.9 Å². The average Bonchev–Trinajstić information content (AvgIpc) is 3.37. The zero-order valence-electron chi connectivity index (χ0n) is 19.7. The second kappa shape index (κ2) is 10.2. The van der Waals surface area contributed by atoms with Crippen molar-refractivity contribution in [2.24, 2.45) is 5.92 Å². The van der Waals surface area contributed by atoms with E-state index in [2.05, 4.69) is 10.3 Å². The quantitative estimate of drug-likeness (QED) is 0.683. The van der Waals surface area contributed by atoms with E-state index in [4.69, 9.17) is 0 Å². The summed E-state index contributed by atoms with van der Waals surface area (Å²) in [6.45, 7) is 4.93. The number of aromatic nitrogens is 1. The second-order valence-electron chi connectivity index (χ2n) is 9.20. The third kappa shape index (κ3) is 5.17. The van der Waals surface area contributed by atoms with Gasteiger partial charge in [0.2, 0.25) is 5.91 Å². The Hall–Kier alpha value is -3.53. The van der Waals surface area contributed by atoms with Crippen molar-refractivity contribution in [3.05, 3.63) is 63.7 Å². The number of nitriles is 1. The molecule has 2 aromatic rings. The first-order valence-corrected chi connectivity index (χ1v) is 11.8. The lowest BCUT2D eigenvalue weighted by molar-refractivity contribution is -0.135. The molecule has 1 N–H and O–H groups in total. The number of amides is 2. The van der Waals surface area contributed by atoms with Crippen LogP contribution in [0.5, 0.6) is 0 Å². The summed E-state index contributed by atoms with van der Waals surface area (Å²) < 4.78 is 14.4. The van der Waals surface area contributed by atoms with Crippen LogP contribution >= 0.6 is 0 Å². The summed E-state index contributed by atoms with van der Waals surface area (Å²) in [5.74, 6) is -0.417. The molecular formula is C27H29FN4O2. The molecule has 34 heavy (non-hydrogen) atoms. The SMILES string of the molecule is Cc1ncc(C(=O)Nc2cc(F)cc(C=C3CCN(C(=O)C4CCCC4)CC3)c2C)cc1C#N. The fourth-order valence-electron chi connectivity index (χ4n) is 4.75. The number of halogens is 1. The van der Waals surface area contributed by atoms with Crippen molar-refractivity contribution >= 4 is 23.6 Å². The van der Waals surface area contributed by atoms with Gasteiger partial charge in [-0.2, -0.15) is 5.26 Å². The highest BCUT2D eigenvalue weighted by molar-refractivity contribution is 6.04. The molecule has 1 aromatic heterocycles. The summed E-state index contributed by atoms with van der Waals surface area (Å²) in [6, 6.07) is 6.27. The topological polar surface area (TPSA) is 86.1 Å². The maximum Gasteiger partial charge on any atom is 0.257 e. The minimum atomic E-state index is -0.449. The standard InChI is InChI=1S/C27H29FN4O2/c1-17-21(11-19-7-9-32(10-8-19)27(34)20-5-3-4-6-20)13-24(28)14-25(17)31-26(33)23-12-22(15-29)18(2)30-16-23/h11-14,16,20H,3-10H2,1-2H3,(H,31,33). The minimum absolute atomic E-state index is 0.190. The smallest absolute Gasteiger partial charge is 0.257 e. The van der Waals surface area contributed by atoms with E-state index in [1.807, 2.05) is 24.0 Å². The van der Waals surface area contributed by atoms with Gasteiger partial charge in [0.05, 0.1) is 16.8 Å². The van der Waals surface area contributed by atoms with Gasteiger partial charge in [-0.25, -0.2) is 4.39 Å². The number of carbonyl (C=O) groups excluding carboxylic acids is 2. The van der Waals surface area contributed by atoms with E-state index in [1.54, 1.807) is 6.92 Å². The first-order chi connectivity index (χ1) is 16.4. The fourth-order valence-corrected chi connectivity index (χ4v) is 4.75. The van der Waals surface area contributed by atoms with E-state index < -0.39 is 11.7 Å². The number of carbonyl (C=O) groups is 2. The molecule has 1 saturated heterocycles. The van der Waals surface area contributed by atoms with Gasteiger partial charge in [-0.05, 0) is 68.9 Å². The third-order valence-corrected chi connectivity index (χ3v) is 6.91. The Morgan fingerprint density at radius 2 is 1.88 bits per heavy atom. The Labute approximate surface area is 199 Å². The zero-order valence-corrected chi connectivity index (χ0v) is 19.7. The largest absolute Gasteiger partial charge is 0.342 e. The molecule has 0 unspecified atom stereocenters. The van der Waals surface area contributed by atoms with Crippen LogP contribution in [0.3, 0.4) is 0 Å². The molecule has 1 aliphatic carbocycles. The fraction of sp³-hybridized carbons (Fsp3) is 0.407. The molecule has 176 valence electrons. The lowest BCUT2D eigenvalue weighted by Crippen LogP contribution is -2.39. The minimum Gasteiger partial charge on any atom is -0.342 e. The van der Waals surface area contributed by atoms with Crippen LogP contribution in [0.1, 0.15) is 71.3 Å². The van der Waals surface area contributed by atoms with Crippen LogP contribution in [-0.2, 0) is 4.79 Å². The van der Waals surface area contributed by atoms with Gasteiger partial charge < -0.3 is 10.2 Å². The molecule has 1 aromatic carbocycles. The molecule has 0 bridgehead atoms. The van der Waals surface area contributed by atoms with Crippen LogP contribution in [0.4, 0.5) is 10.1 Å². The molecule has 0 spiro atoms. The average molecular weight is 461 g/mol. The second-order valence-corrected chi connectivity index (χ2v) is 9.20. The van der Waals surface area contributed by atoms with E-state index in [1.165, 1.54) is 30.0 Å². The first-order valence-electron chi connectivity index (χ1n) is 11.8. The Bertz CT molecular complexity index is 1180. The number of hydrogen-bond donors (Lipinski definition) is 1. The lowest BCUT2D eigenvalue weighted by Gasteiger charge is -2.30. The molecule has 2 aliphatic rings. The number of piperidine rings is 1. The van der Waals surface area contributed by atoms with Gasteiger partial charge in [0.25, 0.3) is 5.91 Å². The van der Waals surface area contributed by atoms with Crippen molar-refractivity contribution in [3.8, 4) is 6.07 Å². The predicted octanol–water partition coefficient (Wildman–Crippen LogP) is 5.16. The number of nitrogens with zero attached hydrogens (tertiary/aromatic N) is 3. The van der Waals surface area contributed by atoms with Crippen molar-refractivity contribution in [2.75, 3.05) is 18.4 Å². The maximum atomic E-state index is 14.4. The van der Waals surface area contributed by atoms with Gasteiger partial charge in [0.15, 0.2) is 0 Å². The van der Waals surface area contributed by atoms with E-state index >= 15 is 0 Å². The van der Waals surface area contributed by atoms with Gasteiger partial charge in [-0.3, -0.25) is 14.6 Å². The number of benzene rings is 1. The molecule has 7 heteroatoms. The predicted molar refractivity (Wildman–Crippen MR) is 129 cm³/mol. The van der Waals surface area contributed by atoms with Crippen molar-refractivity contribution in [1.82, 2.24) is 9.88 Å². The summed E-state index contributed by atoms with van der Waals surface area (Å²) in [4.78, 5) is 31.5. The van der Waals surface area contributed by atoms with E-state index in [9.17, 15) is 19.2 Å². The van der Waals surface area contributed by atoms with Crippen LogP contribution in [0.25, 0.3) is 6.08 Å². The van der Waals surface area contributed by atoms with Gasteiger partial charge in [-0.15, -0.1) is 0 Å². The van der Waals surface area contributed by atoms with Gasteiger partial charge in [0, 0.05) is 30.9 Å². The number of aryl methyl sites for hydroxylation is 1. The van der Waals surface area contributed by atoms with Crippen molar-refractivity contribution < 1.29 is 14.0 Å². The van der Waals surface area contributed by atoms with Crippen molar-refractivity contribution in [2.45, 2.75) is 52.4 Å². The molecular weight excluding hydrogens is 431 g/mol. The molecule has 1 saturated carbocycles. The Balaban J connectivity index is 1.47. The van der Waals surface area contributed by atoms with Crippen molar-refractivity contribution in [1.29, 1.82) is 5.26 Å². The lowest BCUT2D eigenvalue weighted by atomic mass is 9.96. The number of likely N-dealkylation sites (tertiary alicyclic amines) is 1. The molecule has 6 nitrogen and oxygen atoms in total. The summed E-state index contributed by atoms with van der Waals surface area (Å²) in [6.07, 6.45) is 9.22. The van der Waals surface area contributed by atoms with Crippen LogP contribution in [0.15, 0.2) is 30.0 Å². The molecule has 4 rings (SSSR count). The summed E-state index contributed by atoms with van der Waals surface area (Å²) >= 11 is 0. The normalized spacial score (nSPS) is 16.3. The summed E-state index contributed by atoms with van der Waals surface area (Å²) in [5, 5.41) is 11.9. The molecule has 1 aliphatic heterocycles. The zero-order chi connectivity index (χ0) is 24.2. The monoisotopic (exact) mass is 460 g/mol. The highest BCUT2D eigenvalue weighted by atomic mass is 19.1. The van der Waals surface area contributed by atoms with Gasteiger partial charge in [0.1, 0.15) is 11.9 Å². The number of pyridine rings is 1. The number of rotatable bonds is 4. The number of nitrogens with one attached hydrogen (secondary N) is 1. The molecule has 2 fully saturated rings. The number of anilines is 1. The molecule has 2 amide bonds. The number of hydrogen-bond acceptors (Lipinski definition) is 4. The molecule has 2 heterocycles. The highest BCUT2D eigenvalue weighted by Gasteiger charge is 2.28. The van der Waals surface area contributed by atoms with Crippen LogP contribution < -0.4 is 5.32 Å². The Morgan fingerprint density at radius 3 is 2.56 bits per heavy atom. The molecule has 0 radical (unpaired) electrons. The first kappa shape index (κ1) is 23.6. The van der Waals surface area contributed by atoms with Gasteiger partial charge >= 0.3 is 0 Å². The third-order valence-electron chi connectivity index (χ3n) is 6.91. The van der Waals surface area contributed by atoms with E-state index in [0.29, 0.717) is 35.6 Å². The van der Waals surface area contributed by atoms with E-state index in [0.717, 1.165) is 44.1 Å². The molecule has 0 atom stereocenters. The van der Waals surface area contributed by atoms with E-state index in [-0.39, 0.29) is 17.4 Å². The highest BCUT2D eigenvalue weighted by Crippen LogP contribution is 2.30. The van der Waals surface area contributed by atoms with Crippen LogP contribution in [0.2, 0.25) is 0 Å².